The van der Waals surface area contributed by atoms with E-state index in [4.69, 9.17) is 39.4 Å². The van der Waals surface area contributed by atoms with E-state index in [1.165, 1.54) is 18.3 Å². The number of hydrogen-bond acceptors (Lipinski definition) is 4. The van der Waals surface area contributed by atoms with Crippen LogP contribution >= 0.6 is 23.2 Å². The van der Waals surface area contributed by atoms with Crippen molar-refractivity contribution in [3.63, 3.8) is 0 Å². The molecule has 6 nitrogen and oxygen atoms in total. The second kappa shape index (κ2) is 7.62. The van der Waals surface area contributed by atoms with Crippen molar-refractivity contribution in [2.45, 2.75) is 0 Å². The second-order valence-electron chi connectivity index (χ2n) is 4.35. The number of carbonyl (C=O) groups excluding carboxylic acids is 1. The number of nitrogens with two attached hydrogens (primary N) is 2. The fourth-order valence-corrected chi connectivity index (χ4v) is 2.09. The number of ether oxygens (including phenoxy) is 1. The third-order valence-corrected chi connectivity index (χ3v) is 3.17. The summed E-state index contributed by atoms with van der Waals surface area (Å²) in [5.74, 6) is -0.347. The van der Waals surface area contributed by atoms with Gasteiger partial charge in [0.25, 0.3) is 0 Å². The Hall–Kier alpha value is -2.57. The Kier molecular flexibility index (Phi) is 5.56. The van der Waals surface area contributed by atoms with Crippen molar-refractivity contribution in [1.82, 2.24) is 0 Å². The molecule has 2 rings (SSSR count). The second-order valence-corrected chi connectivity index (χ2v) is 5.20. The Balaban J connectivity index is 2.07. The van der Waals surface area contributed by atoms with Crippen molar-refractivity contribution < 1.29 is 9.53 Å². The molecule has 0 saturated carbocycles. The minimum absolute atomic E-state index is 0.133. The van der Waals surface area contributed by atoms with Crippen molar-refractivity contribution in [3.05, 3.63) is 63.6 Å². The molecule has 0 bridgehead atoms. The minimum Gasteiger partial charge on any atom is -0.423 e. The molecule has 0 aliphatic rings. The van der Waals surface area contributed by atoms with Gasteiger partial charge in [0.15, 0.2) is 0 Å². The van der Waals surface area contributed by atoms with Crippen molar-refractivity contribution in [2.75, 3.05) is 0 Å². The first-order valence-corrected chi connectivity index (χ1v) is 7.10. The maximum atomic E-state index is 12.1. The van der Waals surface area contributed by atoms with Crippen LogP contribution in [0.1, 0.15) is 15.9 Å². The van der Waals surface area contributed by atoms with Gasteiger partial charge in [-0.05, 0) is 48.0 Å². The molecular formula is C15H12Cl2N4O2. The Morgan fingerprint density at radius 1 is 1.09 bits per heavy atom. The lowest BCUT2D eigenvalue weighted by Gasteiger charge is -2.06. The third-order valence-electron chi connectivity index (χ3n) is 2.62. The highest BCUT2D eigenvalue weighted by Crippen LogP contribution is 2.22. The van der Waals surface area contributed by atoms with Gasteiger partial charge < -0.3 is 16.2 Å². The van der Waals surface area contributed by atoms with Gasteiger partial charge in [0.2, 0.25) is 5.96 Å². The van der Waals surface area contributed by atoms with Crippen LogP contribution in [-0.2, 0) is 0 Å². The van der Waals surface area contributed by atoms with E-state index >= 15 is 0 Å². The molecule has 0 radical (unpaired) electrons. The van der Waals surface area contributed by atoms with Crippen LogP contribution < -0.4 is 16.2 Å². The quantitative estimate of drug-likeness (QED) is 0.291. The molecule has 0 spiro atoms. The van der Waals surface area contributed by atoms with Crippen LogP contribution in [0.3, 0.4) is 0 Å². The van der Waals surface area contributed by atoms with E-state index in [1.807, 2.05) is 0 Å². The fraction of sp³-hybridized carbons (Fsp3) is 0. The summed E-state index contributed by atoms with van der Waals surface area (Å²) >= 11 is 11.7. The SMILES string of the molecule is NC(N)=NN=Cc1ccc(OC(=O)c2ccc(Cl)cc2Cl)cc1. The molecule has 0 fully saturated rings. The Morgan fingerprint density at radius 2 is 1.78 bits per heavy atom. The molecule has 0 atom stereocenters. The Bertz CT molecular complexity index is 770. The summed E-state index contributed by atoms with van der Waals surface area (Å²) in [5, 5.41) is 7.82. The predicted molar refractivity (Wildman–Crippen MR) is 91.3 cm³/mol. The van der Waals surface area contributed by atoms with Crippen LogP contribution in [0.15, 0.2) is 52.7 Å². The smallest absolute Gasteiger partial charge is 0.345 e. The summed E-state index contributed by atoms with van der Waals surface area (Å²) in [7, 11) is 0. The van der Waals surface area contributed by atoms with Crippen LogP contribution in [0.25, 0.3) is 0 Å². The van der Waals surface area contributed by atoms with Gasteiger partial charge in [-0.3, -0.25) is 0 Å². The summed E-state index contributed by atoms with van der Waals surface area (Å²) < 4.78 is 5.24. The topological polar surface area (TPSA) is 103 Å². The van der Waals surface area contributed by atoms with Crippen LogP contribution in [0.5, 0.6) is 5.75 Å². The average molecular weight is 351 g/mol. The van der Waals surface area contributed by atoms with Crippen LogP contribution in [0.4, 0.5) is 0 Å². The zero-order valence-electron chi connectivity index (χ0n) is 11.7. The first-order chi connectivity index (χ1) is 11.0. The van der Waals surface area contributed by atoms with E-state index < -0.39 is 5.97 Å². The Morgan fingerprint density at radius 3 is 2.39 bits per heavy atom. The molecule has 2 aromatic carbocycles. The molecule has 0 amide bonds. The molecule has 0 aromatic heterocycles. The lowest BCUT2D eigenvalue weighted by atomic mass is 10.2. The third kappa shape index (κ3) is 4.98. The number of esters is 1. The molecule has 0 saturated heterocycles. The number of benzene rings is 2. The normalized spacial score (nSPS) is 10.5. The number of hydrogen-bond donors (Lipinski definition) is 2. The van der Waals surface area contributed by atoms with E-state index in [0.717, 1.165) is 5.56 Å². The molecule has 0 aliphatic carbocycles. The van der Waals surface area contributed by atoms with E-state index in [1.54, 1.807) is 30.3 Å². The standard InChI is InChI=1S/C15H12Cl2N4O2/c16-10-3-6-12(13(17)7-10)14(22)23-11-4-1-9(2-5-11)8-20-21-15(18)19/h1-8H,(H4,18,19,21). The molecular weight excluding hydrogens is 339 g/mol. The van der Waals surface area contributed by atoms with E-state index in [0.29, 0.717) is 10.8 Å². The lowest BCUT2D eigenvalue weighted by Crippen LogP contribution is -2.21. The highest BCUT2D eigenvalue weighted by Gasteiger charge is 2.13. The first kappa shape index (κ1) is 16.8. The monoisotopic (exact) mass is 350 g/mol. The summed E-state index contributed by atoms with van der Waals surface area (Å²) in [5.41, 5.74) is 11.3. The van der Waals surface area contributed by atoms with Gasteiger partial charge in [0.05, 0.1) is 16.8 Å². The van der Waals surface area contributed by atoms with E-state index in [9.17, 15) is 4.79 Å². The number of halogens is 2. The highest BCUT2D eigenvalue weighted by atomic mass is 35.5. The molecule has 23 heavy (non-hydrogen) atoms. The molecule has 2 aromatic rings. The predicted octanol–water partition coefficient (Wildman–Crippen LogP) is 2.82. The zero-order chi connectivity index (χ0) is 16.8. The van der Waals surface area contributed by atoms with Gasteiger partial charge in [-0.2, -0.15) is 5.10 Å². The largest absolute Gasteiger partial charge is 0.423 e. The zero-order valence-corrected chi connectivity index (χ0v) is 13.3. The van der Waals surface area contributed by atoms with E-state index in [-0.39, 0.29) is 16.5 Å². The number of carbonyl (C=O) groups is 1. The lowest BCUT2D eigenvalue weighted by molar-refractivity contribution is 0.0735. The summed E-state index contributed by atoms with van der Waals surface area (Å²) in [6, 6.07) is 11.1. The number of guanidine groups is 1. The minimum atomic E-state index is -0.575. The average Bonchev–Trinajstić information content (AvgIpc) is 2.48. The molecule has 0 heterocycles. The van der Waals surface area contributed by atoms with Crippen molar-refractivity contribution in [3.8, 4) is 5.75 Å². The number of rotatable bonds is 4. The summed E-state index contributed by atoms with van der Waals surface area (Å²) in [6.45, 7) is 0. The molecule has 0 unspecified atom stereocenters. The van der Waals surface area contributed by atoms with Crippen LogP contribution in [-0.4, -0.2) is 18.1 Å². The molecule has 118 valence electrons. The number of nitrogens with zero attached hydrogens (tertiary/aromatic N) is 2. The Labute approximate surface area is 142 Å². The summed E-state index contributed by atoms with van der Waals surface area (Å²) in [4.78, 5) is 12.1. The fourth-order valence-electron chi connectivity index (χ4n) is 1.60. The van der Waals surface area contributed by atoms with Gasteiger partial charge in [0.1, 0.15) is 5.75 Å². The molecule has 8 heteroatoms. The maximum absolute atomic E-state index is 12.1. The van der Waals surface area contributed by atoms with Gasteiger partial charge >= 0.3 is 5.97 Å². The van der Waals surface area contributed by atoms with Crippen molar-refractivity contribution >= 4 is 41.3 Å². The maximum Gasteiger partial charge on any atom is 0.345 e. The van der Waals surface area contributed by atoms with Gasteiger partial charge in [-0.1, -0.05) is 23.2 Å². The first-order valence-electron chi connectivity index (χ1n) is 6.35. The van der Waals surface area contributed by atoms with Crippen molar-refractivity contribution in [1.29, 1.82) is 0 Å². The van der Waals surface area contributed by atoms with Crippen LogP contribution in [0.2, 0.25) is 10.0 Å². The summed E-state index contributed by atoms with van der Waals surface area (Å²) in [6.07, 6.45) is 1.46. The highest BCUT2D eigenvalue weighted by molar-refractivity contribution is 6.36. The van der Waals surface area contributed by atoms with Gasteiger partial charge in [-0.25, -0.2) is 4.79 Å². The molecule has 0 aliphatic heterocycles. The van der Waals surface area contributed by atoms with Crippen molar-refractivity contribution in [2.24, 2.45) is 21.7 Å². The van der Waals surface area contributed by atoms with Gasteiger partial charge in [-0.15, -0.1) is 5.10 Å². The molecule has 4 N–H and O–H groups in total. The van der Waals surface area contributed by atoms with Crippen LogP contribution in [0, 0.1) is 0 Å². The van der Waals surface area contributed by atoms with E-state index in [2.05, 4.69) is 10.2 Å². The van der Waals surface area contributed by atoms with Gasteiger partial charge in [0, 0.05) is 5.02 Å².